The molecular formula is C18H18BrNO3. The van der Waals surface area contributed by atoms with E-state index in [1.165, 1.54) is 0 Å². The summed E-state index contributed by atoms with van der Waals surface area (Å²) in [5, 5.41) is 2.79. The van der Waals surface area contributed by atoms with Crippen LogP contribution in [0.1, 0.15) is 29.3 Å². The molecule has 0 aliphatic heterocycles. The summed E-state index contributed by atoms with van der Waals surface area (Å²) < 4.78 is 6.20. The van der Waals surface area contributed by atoms with Crippen LogP contribution in [0, 0.1) is 0 Å². The van der Waals surface area contributed by atoms with Crippen molar-refractivity contribution in [3.05, 3.63) is 70.2 Å². The molecule has 2 rings (SSSR count). The van der Waals surface area contributed by atoms with E-state index in [0.717, 1.165) is 10.0 Å². The molecule has 120 valence electrons. The zero-order chi connectivity index (χ0) is 16.7. The van der Waals surface area contributed by atoms with Gasteiger partial charge in [-0.05, 0) is 36.8 Å². The quantitative estimate of drug-likeness (QED) is 0.783. The zero-order valence-electron chi connectivity index (χ0n) is 12.8. The van der Waals surface area contributed by atoms with Gasteiger partial charge in [0.15, 0.2) is 0 Å². The lowest BCUT2D eigenvalue weighted by atomic mass is 10.2. The summed E-state index contributed by atoms with van der Waals surface area (Å²) in [6.45, 7) is 2.01. The summed E-state index contributed by atoms with van der Waals surface area (Å²) >= 11 is 3.35. The van der Waals surface area contributed by atoms with Crippen LogP contribution in [0.4, 0.5) is 0 Å². The Bertz CT molecular complexity index is 656. The average Bonchev–Trinajstić information content (AvgIpc) is 2.55. The molecule has 0 bridgehead atoms. The largest absolute Gasteiger partial charge is 0.461 e. The minimum atomic E-state index is -0.339. The van der Waals surface area contributed by atoms with Gasteiger partial charge in [-0.3, -0.25) is 9.59 Å². The lowest BCUT2D eigenvalue weighted by Crippen LogP contribution is -2.34. The van der Waals surface area contributed by atoms with Gasteiger partial charge in [-0.1, -0.05) is 46.3 Å². The van der Waals surface area contributed by atoms with E-state index in [1.807, 2.05) is 30.3 Å². The van der Waals surface area contributed by atoms with E-state index in [2.05, 4.69) is 21.2 Å². The van der Waals surface area contributed by atoms with Gasteiger partial charge in [0, 0.05) is 16.1 Å². The van der Waals surface area contributed by atoms with Crippen LogP contribution in [0.5, 0.6) is 0 Å². The van der Waals surface area contributed by atoms with Crippen molar-refractivity contribution in [3.63, 3.8) is 0 Å². The monoisotopic (exact) mass is 375 g/mol. The Morgan fingerprint density at radius 3 is 2.39 bits per heavy atom. The van der Waals surface area contributed by atoms with Crippen LogP contribution in [0.25, 0.3) is 0 Å². The van der Waals surface area contributed by atoms with Gasteiger partial charge >= 0.3 is 5.97 Å². The van der Waals surface area contributed by atoms with Crippen LogP contribution < -0.4 is 5.32 Å². The normalized spacial score (nSPS) is 11.6. The molecule has 4 nitrogen and oxygen atoms in total. The molecule has 2 aromatic rings. The molecule has 0 aromatic heterocycles. The van der Waals surface area contributed by atoms with E-state index in [1.54, 1.807) is 31.2 Å². The molecule has 2 aromatic carbocycles. The van der Waals surface area contributed by atoms with Gasteiger partial charge in [0.2, 0.25) is 0 Å². The highest BCUT2D eigenvalue weighted by Crippen LogP contribution is 2.11. The molecule has 0 saturated heterocycles. The first-order chi connectivity index (χ1) is 11.0. The summed E-state index contributed by atoms with van der Waals surface area (Å²) in [5.41, 5.74) is 1.49. The number of hydrogen-bond acceptors (Lipinski definition) is 3. The fourth-order valence-electron chi connectivity index (χ4n) is 2.00. The van der Waals surface area contributed by atoms with Crippen LogP contribution in [-0.4, -0.2) is 17.9 Å². The van der Waals surface area contributed by atoms with E-state index in [9.17, 15) is 9.59 Å². The first kappa shape index (κ1) is 17.2. The van der Waals surface area contributed by atoms with E-state index in [0.29, 0.717) is 5.56 Å². The van der Waals surface area contributed by atoms with Crippen LogP contribution in [0.15, 0.2) is 59.1 Å². The molecule has 1 amide bonds. The molecule has 1 unspecified atom stereocenters. The average molecular weight is 376 g/mol. The van der Waals surface area contributed by atoms with Crippen molar-refractivity contribution in [2.45, 2.75) is 26.0 Å². The van der Waals surface area contributed by atoms with Crippen LogP contribution >= 0.6 is 15.9 Å². The smallest absolute Gasteiger partial charge is 0.308 e. The molecule has 0 aliphatic rings. The Morgan fingerprint density at radius 1 is 1.09 bits per heavy atom. The molecule has 1 atom stereocenters. The van der Waals surface area contributed by atoms with Gasteiger partial charge in [-0.15, -0.1) is 0 Å². The third-order valence-corrected chi connectivity index (χ3v) is 3.73. The maximum Gasteiger partial charge on any atom is 0.308 e. The lowest BCUT2D eigenvalue weighted by Gasteiger charge is -2.13. The third kappa shape index (κ3) is 5.87. The number of esters is 1. The highest BCUT2D eigenvalue weighted by atomic mass is 79.9. The Hall–Kier alpha value is -2.14. The first-order valence-electron chi connectivity index (χ1n) is 7.30. The third-order valence-electron chi connectivity index (χ3n) is 3.20. The molecule has 0 radical (unpaired) electrons. The standard InChI is InChI=1S/C18H18BrNO3/c1-13(20-18(22)15-5-3-2-4-6-15)11-17(21)23-12-14-7-9-16(19)10-8-14/h2-10,13H,11-12H2,1H3,(H,20,22). The van der Waals surface area contributed by atoms with E-state index < -0.39 is 0 Å². The minimum absolute atomic E-state index is 0.134. The zero-order valence-corrected chi connectivity index (χ0v) is 14.4. The first-order valence-corrected chi connectivity index (χ1v) is 8.10. The van der Waals surface area contributed by atoms with Crippen LogP contribution in [0.2, 0.25) is 0 Å². The molecule has 0 saturated carbocycles. The van der Waals surface area contributed by atoms with Gasteiger partial charge in [-0.25, -0.2) is 0 Å². The summed E-state index contributed by atoms with van der Waals surface area (Å²) in [4.78, 5) is 23.8. The number of carbonyl (C=O) groups is 2. The molecule has 5 heteroatoms. The van der Waals surface area contributed by atoms with Crippen molar-refractivity contribution in [2.75, 3.05) is 0 Å². The molecule has 1 N–H and O–H groups in total. The molecule has 0 fully saturated rings. The lowest BCUT2D eigenvalue weighted by molar-refractivity contribution is -0.145. The predicted octanol–water partition coefficient (Wildman–Crippen LogP) is 3.70. The Labute approximate surface area is 144 Å². The van der Waals surface area contributed by atoms with E-state index in [4.69, 9.17) is 4.74 Å². The summed E-state index contributed by atoms with van der Waals surface area (Å²) in [5.74, 6) is -0.535. The number of amides is 1. The highest BCUT2D eigenvalue weighted by molar-refractivity contribution is 9.10. The summed E-state index contributed by atoms with van der Waals surface area (Å²) in [6, 6.07) is 16.2. The summed E-state index contributed by atoms with van der Waals surface area (Å²) in [7, 11) is 0. The fraction of sp³-hybridized carbons (Fsp3) is 0.222. The van der Waals surface area contributed by atoms with Gasteiger partial charge in [0.05, 0.1) is 6.42 Å². The number of rotatable bonds is 6. The SMILES string of the molecule is CC(CC(=O)OCc1ccc(Br)cc1)NC(=O)c1ccccc1. The molecule has 0 aliphatic carbocycles. The topological polar surface area (TPSA) is 55.4 Å². The van der Waals surface area contributed by atoms with Gasteiger partial charge in [0.1, 0.15) is 6.61 Å². The number of hydrogen-bond donors (Lipinski definition) is 1. The van der Waals surface area contributed by atoms with Crippen molar-refractivity contribution in [1.82, 2.24) is 5.32 Å². The Balaban J connectivity index is 1.76. The highest BCUT2D eigenvalue weighted by Gasteiger charge is 2.14. The van der Waals surface area contributed by atoms with Crippen molar-refractivity contribution < 1.29 is 14.3 Å². The second kappa shape index (κ2) is 8.48. The number of nitrogens with one attached hydrogen (secondary N) is 1. The van der Waals surface area contributed by atoms with Crippen molar-refractivity contribution in [1.29, 1.82) is 0 Å². The number of halogens is 1. The molecule has 0 spiro atoms. The maximum absolute atomic E-state index is 12.0. The minimum Gasteiger partial charge on any atom is -0.461 e. The molecule has 23 heavy (non-hydrogen) atoms. The van der Waals surface area contributed by atoms with Gasteiger partial charge in [0.25, 0.3) is 5.91 Å². The second-order valence-electron chi connectivity index (χ2n) is 5.23. The van der Waals surface area contributed by atoms with Crippen molar-refractivity contribution >= 4 is 27.8 Å². The molecular weight excluding hydrogens is 358 g/mol. The maximum atomic E-state index is 12.0. The van der Waals surface area contributed by atoms with Gasteiger partial charge in [-0.2, -0.15) is 0 Å². The second-order valence-corrected chi connectivity index (χ2v) is 6.15. The predicted molar refractivity (Wildman–Crippen MR) is 91.9 cm³/mol. The van der Waals surface area contributed by atoms with Crippen LogP contribution in [0.3, 0.4) is 0 Å². The Kier molecular flexibility index (Phi) is 6.35. The van der Waals surface area contributed by atoms with E-state index in [-0.39, 0.29) is 30.9 Å². The summed E-state index contributed by atoms with van der Waals surface area (Å²) in [6.07, 6.45) is 0.134. The van der Waals surface area contributed by atoms with Gasteiger partial charge < -0.3 is 10.1 Å². The molecule has 0 heterocycles. The Morgan fingerprint density at radius 2 is 1.74 bits per heavy atom. The van der Waals surface area contributed by atoms with Crippen LogP contribution in [-0.2, 0) is 16.1 Å². The fourth-order valence-corrected chi connectivity index (χ4v) is 2.27. The number of ether oxygens (including phenoxy) is 1. The number of carbonyl (C=O) groups excluding carboxylic acids is 2. The van der Waals surface area contributed by atoms with E-state index >= 15 is 0 Å². The van der Waals surface area contributed by atoms with Crippen molar-refractivity contribution in [2.24, 2.45) is 0 Å². The van der Waals surface area contributed by atoms with Crippen molar-refractivity contribution in [3.8, 4) is 0 Å². The number of benzene rings is 2.